The van der Waals surface area contributed by atoms with Crippen LogP contribution >= 0.6 is 23.2 Å². The highest BCUT2D eigenvalue weighted by molar-refractivity contribution is 6.36. The fourth-order valence-electron chi connectivity index (χ4n) is 1.72. The molecule has 2 aromatic rings. The number of nitrogens with two attached hydrogens (primary N) is 2. The molecule has 2 aromatic carbocycles. The van der Waals surface area contributed by atoms with Gasteiger partial charge in [-0.15, -0.1) is 0 Å². The third-order valence-electron chi connectivity index (χ3n) is 2.76. The van der Waals surface area contributed by atoms with Crippen LogP contribution in [0.3, 0.4) is 0 Å². The molecular formula is C13H9Cl2F3N2. The molecule has 0 bridgehead atoms. The summed E-state index contributed by atoms with van der Waals surface area (Å²) in [6.45, 7) is 0. The van der Waals surface area contributed by atoms with Crippen LogP contribution in [0.15, 0.2) is 30.3 Å². The first kappa shape index (κ1) is 14.8. The van der Waals surface area contributed by atoms with Crippen molar-refractivity contribution < 1.29 is 13.2 Å². The largest absolute Gasteiger partial charge is 0.416 e. The highest BCUT2D eigenvalue weighted by Gasteiger charge is 2.31. The van der Waals surface area contributed by atoms with Crippen molar-refractivity contribution in [1.29, 1.82) is 0 Å². The van der Waals surface area contributed by atoms with Crippen LogP contribution in [-0.2, 0) is 6.18 Å². The molecule has 0 saturated carbocycles. The van der Waals surface area contributed by atoms with E-state index >= 15 is 0 Å². The van der Waals surface area contributed by atoms with Gasteiger partial charge in [-0.3, -0.25) is 0 Å². The lowest BCUT2D eigenvalue weighted by Gasteiger charge is -2.12. The molecule has 2 nitrogen and oxygen atoms in total. The summed E-state index contributed by atoms with van der Waals surface area (Å²) in [5, 5.41) is 0.198. The normalized spacial score (nSPS) is 11.7. The standard InChI is InChI=1S/C13H9Cl2F3N2/c14-9-3-6(13(16,17)18)1-2-7(9)8-4-11(19)12(20)5-10(8)15/h1-5H,19-20H2. The van der Waals surface area contributed by atoms with Crippen molar-refractivity contribution in [2.75, 3.05) is 11.5 Å². The molecule has 0 heterocycles. The minimum Gasteiger partial charge on any atom is -0.397 e. The lowest BCUT2D eigenvalue weighted by Crippen LogP contribution is -2.04. The van der Waals surface area contributed by atoms with E-state index in [1.165, 1.54) is 18.2 Å². The zero-order valence-electron chi connectivity index (χ0n) is 9.93. The minimum atomic E-state index is -4.45. The Morgan fingerprint density at radius 2 is 1.35 bits per heavy atom. The minimum absolute atomic E-state index is 0.0640. The summed E-state index contributed by atoms with van der Waals surface area (Å²) >= 11 is 11.9. The molecule has 0 aliphatic heterocycles. The summed E-state index contributed by atoms with van der Waals surface area (Å²) in [4.78, 5) is 0. The summed E-state index contributed by atoms with van der Waals surface area (Å²) in [5.74, 6) is 0. The van der Waals surface area contributed by atoms with Gasteiger partial charge in [0.05, 0.1) is 22.0 Å². The number of hydrogen-bond donors (Lipinski definition) is 2. The third-order valence-corrected chi connectivity index (χ3v) is 3.38. The molecule has 0 spiro atoms. The zero-order chi connectivity index (χ0) is 15.1. The van der Waals surface area contributed by atoms with Gasteiger partial charge in [-0.05, 0) is 24.3 Å². The average Bonchev–Trinajstić information content (AvgIpc) is 2.33. The Kier molecular flexibility index (Phi) is 3.75. The van der Waals surface area contributed by atoms with Gasteiger partial charge in [0.2, 0.25) is 0 Å². The quantitative estimate of drug-likeness (QED) is 0.738. The first-order valence-corrected chi connectivity index (χ1v) is 6.17. The molecule has 0 amide bonds. The van der Waals surface area contributed by atoms with Crippen molar-refractivity contribution in [3.05, 3.63) is 45.9 Å². The van der Waals surface area contributed by atoms with Crippen molar-refractivity contribution in [3.63, 3.8) is 0 Å². The number of alkyl halides is 3. The Morgan fingerprint density at radius 1 is 0.800 bits per heavy atom. The van der Waals surface area contributed by atoms with Gasteiger partial charge in [-0.25, -0.2) is 0 Å². The van der Waals surface area contributed by atoms with Crippen LogP contribution in [-0.4, -0.2) is 0 Å². The second-order valence-electron chi connectivity index (χ2n) is 4.15. The van der Waals surface area contributed by atoms with Gasteiger partial charge in [0.1, 0.15) is 0 Å². The zero-order valence-corrected chi connectivity index (χ0v) is 11.4. The van der Waals surface area contributed by atoms with Gasteiger partial charge in [-0.2, -0.15) is 13.2 Å². The van der Waals surface area contributed by atoms with Crippen LogP contribution < -0.4 is 11.5 Å². The smallest absolute Gasteiger partial charge is 0.397 e. The molecule has 20 heavy (non-hydrogen) atoms. The van der Waals surface area contributed by atoms with Crippen LogP contribution in [0.1, 0.15) is 5.56 Å². The molecule has 0 fully saturated rings. The highest BCUT2D eigenvalue weighted by Crippen LogP contribution is 2.39. The summed E-state index contributed by atoms with van der Waals surface area (Å²) in [6, 6.07) is 5.94. The van der Waals surface area contributed by atoms with Crippen LogP contribution in [0, 0.1) is 0 Å². The van der Waals surface area contributed by atoms with E-state index in [0.29, 0.717) is 16.8 Å². The van der Waals surface area contributed by atoms with Crippen molar-refractivity contribution in [1.82, 2.24) is 0 Å². The van der Waals surface area contributed by atoms with Gasteiger partial charge >= 0.3 is 6.18 Å². The molecule has 0 unspecified atom stereocenters. The Morgan fingerprint density at radius 3 is 1.90 bits per heavy atom. The number of halogens is 5. The molecule has 4 N–H and O–H groups in total. The second kappa shape index (κ2) is 5.07. The van der Waals surface area contributed by atoms with Crippen LogP contribution in [0.5, 0.6) is 0 Å². The molecule has 0 radical (unpaired) electrons. The summed E-state index contributed by atoms with van der Waals surface area (Å²) < 4.78 is 37.7. The van der Waals surface area contributed by atoms with Gasteiger partial charge in [0.15, 0.2) is 0 Å². The molecule has 106 valence electrons. The molecule has 0 saturated heterocycles. The van der Waals surface area contributed by atoms with E-state index in [1.807, 2.05) is 0 Å². The fourth-order valence-corrected chi connectivity index (χ4v) is 2.28. The average molecular weight is 321 g/mol. The number of benzene rings is 2. The van der Waals surface area contributed by atoms with E-state index in [0.717, 1.165) is 12.1 Å². The van der Waals surface area contributed by atoms with E-state index < -0.39 is 11.7 Å². The maximum absolute atomic E-state index is 12.6. The fraction of sp³-hybridized carbons (Fsp3) is 0.0769. The summed E-state index contributed by atoms with van der Waals surface area (Å²) in [6.07, 6.45) is -4.45. The van der Waals surface area contributed by atoms with E-state index in [1.54, 1.807) is 0 Å². The van der Waals surface area contributed by atoms with Gasteiger partial charge in [0.25, 0.3) is 0 Å². The maximum atomic E-state index is 12.6. The number of nitrogen functional groups attached to an aromatic ring is 2. The summed E-state index contributed by atoms with van der Waals surface area (Å²) in [7, 11) is 0. The molecule has 7 heteroatoms. The van der Waals surface area contributed by atoms with Gasteiger partial charge in [0, 0.05) is 16.1 Å². The van der Waals surface area contributed by atoms with Crippen molar-refractivity contribution in [3.8, 4) is 11.1 Å². The molecule has 2 rings (SSSR count). The Bertz CT molecular complexity index is 669. The van der Waals surface area contributed by atoms with E-state index in [4.69, 9.17) is 34.7 Å². The van der Waals surface area contributed by atoms with Gasteiger partial charge < -0.3 is 11.5 Å². The van der Waals surface area contributed by atoms with Crippen molar-refractivity contribution in [2.24, 2.45) is 0 Å². The molecule has 0 aliphatic carbocycles. The maximum Gasteiger partial charge on any atom is 0.416 e. The number of rotatable bonds is 1. The first-order valence-electron chi connectivity index (χ1n) is 5.41. The summed E-state index contributed by atoms with van der Waals surface area (Å²) in [5.41, 5.74) is 11.8. The Labute approximate surface area is 123 Å². The number of anilines is 2. The topological polar surface area (TPSA) is 52.0 Å². The van der Waals surface area contributed by atoms with E-state index in [2.05, 4.69) is 0 Å². The van der Waals surface area contributed by atoms with Crippen molar-refractivity contribution >= 4 is 34.6 Å². The van der Waals surface area contributed by atoms with E-state index in [9.17, 15) is 13.2 Å². The lowest BCUT2D eigenvalue weighted by atomic mass is 10.0. The second-order valence-corrected chi connectivity index (χ2v) is 4.97. The highest BCUT2D eigenvalue weighted by atomic mass is 35.5. The van der Waals surface area contributed by atoms with Crippen LogP contribution in [0.25, 0.3) is 11.1 Å². The predicted molar refractivity (Wildman–Crippen MR) is 75.7 cm³/mol. The number of hydrogen-bond acceptors (Lipinski definition) is 2. The molecule has 0 aromatic heterocycles. The lowest BCUT2D eigenvalue weighted by molar-refractivity contribution is -0.137. The van der Waals surface area contributed by atoms with Gasteiger partial charge in [-0.1, -0.05) is 29.3 Å². The van der Waals surface area contributed by atoms with E-state index in [-0.39, 0.29) is 15.7 Å². The molecular weight excluding hydrogens is 312 g/mol. The SMILES string of the molecule is Nc1cc(Cl)c(-c2ccc(C(F)(F)F)cc2Cl)cc1N. The first-order chi connectivity index (χ1) is 9.20. The monoisotopic (exact) mass is 320 g/mol. The molecule has 0 aliphatic rings. The molecule has 0 atom stereocenters. The predicted octanol–water partition coefficient (Wildman–Crippen LogP) is 4.84. The van der Waals surface area contributed by atoms with Crippen LogP contribution in [0.4, 0.5) is 24.5 Å². The van der Waals surface area contributed by atoms with Crippen molar-refractivity contribution in [2.45, 2.75) is 6.18 Å². The van der Waals surface area contributed by atoms with Crippen LogP contribution in [0.2, 0.25) is 10.0 Å². The Hall–Kier alpha value is -1.59. The Balaban J connectivity index is 2.57. The third kappa shape index (κ3) is 2.78.